The van der Waals surface area contributed by atoms with Crippen molar-refractivity contribution >= 4 is 17.7 Å². The highest BCUT2D eigenvalue weighted by molar-refractivity contribution is 8.00. The van der Waals surface area contributed by atoms with Crippen LogP contribution in [0, 0.1) is 5.92 Å². The number of hydrogen-bond donors (Lipinski definition) is 2. The average molecular weight is 385 g/mol. The number of thioether (sulfide) groups is 1. The van der Waals surface area contributed by atoms with Gasteiger partial charge in [0.1, 0.15) is 11.2 Å². The average Bonchev–Trinajstić information content (AvgIpc) is 2.57. The number of carboxylic acid groups (broad SMARTS) is 1. The van der Waals surface area contributed by atoms with Crippen LogP contribution in [0.5, 0.6) is 0 Å². The molecule has 0 aromatic rings. The maximum absolute atomic E-state index is 11.9. The van der Waals surface area contributed by atoms with E-state index in [1.165, 1.54) is 0 Å². The summed E-state index contributed by atoms with van der Waals surface area (Å²) in [6, 6.07) is 0. The van der Waals surface area contributed by atoms with Crippen molar-refractivity contribution in [2.24, 2.45) is 5.92 Å². The maximum Gasteiger partial charge on any atom is 0.334 e. The molecule has 1 fully saturated rings. The Balaban J connectivity index is 2.37. The minimum Gasteiger partial charge on any atom is -0.478 e. The molecular weight excluding hydrogens is 352 g/mol. The molecule has 2 aliphatic heterocycles. The molecule has 0 aromatic heterocycles. The van der Waals surface area contributed by atoms with E-state index in [0.29, 0.717) is 37.7 Å². The number of nitrogens with zero attached hydrogens (tertiary/aromatic N) is 2. The highest BCUT2D eigenvalue weighted by Crippen LogP contribution is 2.35. The van der Waals surface area contributed by atoms with Crippen LogP contribution in [0.25, 0.3) is 0 Å². The van der Waals surface area contributed by atoms with Gasteiger partial charge in [-0.25, -0.2) is 4.79 Å². The Hall–Kier alpha value is -1.18. The number of allylic oxidation sites excluding steroid dienone is 2. The fraction of sp³-hybridized carbons (Fsp3) is 0.737. The monoisotopic (exact) mass is 384 g/mol. The molecule has 2 unspecified atom stereocenters. The zero-order valence-corrected chi connectivity index (χ0v) is 17.1. The molecule has 148 valence electrons. The summed E-state index contributed by atoms with van der Waals surface area (Å²) >= 11 is 1.61. The Labute approximate surface area is 160 Å². The Bertz CT molecular complexity index is 556. The van der Waals surface area contributed by atoms with Gasteiger partial charge in [0.15, 0.2) is 0 Å². The van der Waals surface area contributed by atoms with E-state index < -0.39 is 12.1 Å². The largest absolute Gasteiger partial charge is 0.478 e. The van der Waals surface area contributed by atoms with Gasteiger partial charge in [-0.15, -0.1) is 11.8 Å². The van der Waals surface area contributed by atoms with Crippen LogP contribution in [0.1, 0.15) is 34.1 Å². The number of aliphatic carboxylic acids is 1. The van der Waals surface area contributed by atoms with Crippen molar-refractivity contribution in [2.45, 2.75) is 45.6 Å². The van der Waals surface area contributed by atoms with E-state index in [0.717, 1.165) is 30.2 Å². The number of hydrogen-bond acceptors (Lipinski definition) is 6. The van der Waals surface area contributed by atoms with Crippen LogP contribution < -0.4 is 0 Å². The van der Waals surface area contributed by atoms with Crippen molar-refractivity contribution in [2.75, 3.05) is 38.6 Å². The molecule has 0 saturated carbocycles. The van der Waals surface area contributed by atoms with Gasteiger partial charge in [0.25, 0.3) is 0 Å². The summed E-state index contributed by atoms with van der Waals surface area (Å²) in [5.74, 6) is 1.32. The fourth-order valence-corrected chi connectivity index (χ4v) is 4.67. The molecule has 26 heavy (non-hydrogen) atoms. The molecule has 2 N–H and O–H groups in total. The van der Waals surface area contributed by atoms with E-state index in [-0.39, 0.29) is 5.37 Å². The summed E-state index contributed by atoms with van der Waals surface area (Å²) in [6.07, 6.45) is 2.17. The Morgan fingerprint density at radius 1 is 1.38 bits per heavy atom. The third-order valence-electron chi connectivity index (χ3n) is 4.64. The normalized spacial score (nSPS) is 22.7. The Morgan fingerprint density at radius 2 is 2.04 bits per heavy atom. The van der Waals surface area contributed by atoms with Crippen LogP contribution in [0.4, 0.5) is 0 Å². The Morgan fingerprint density at radius 3 is 2.58 bits per heavy atom. The van der Waals surface area contributed by atoms with Gasteiger partial charge in [-0.05, 0) is 36.7 Å². The van der Waals surface area contributed by atoms with E-state index >= 15 is 0 Å². The molecule has 0 amide bonds. The number of ether oxygens (including phenoxy) is 1. The van der Waals surface area contributed by atoms with Crippen molar-refractivity contribution in [3.05, 3.63) is 23.0 Å². The van der Waals surface area contributed by atoms with Gasteiger partial charge in [0.2, 0.25) is 0 Å². The molecule has 2 heterocycles. The first-order valence-electron chi connectivity index (χ1n) is 9.39. The van der Waals surface area contributed by atoms with Crippen molar-refractivity contribution in [3.63, 3.8) is 0 Å². The molecule has 7 heteroatoms. The van der Waals surface area contributed by atoms with E-state index in [1.54, 1.807) is 11.8 Å². The minimum atomic E-state index is -0.880. The second-order valence-corrected chi connectivity index (χ2v) is 8.60. The zero-order chi connectivity index (χ0) is 19.3. The number of aliphatic hydroxyl groups is 1. The fourth-order valence-electron chi connectivity index (χ4n) is 3.53. The Kier molecular flexibility index (Phi) is 7.85. The predicted octanol–water partition coefficient (Wildman–Crippen LogP) is 2.36. The quantitative estimate of drug-likeness (QED) is 0.665. The lowest BCUT2D eigenvalue weighted by molar-refractivity contribution is -0.133. The van der Waals surface area contributed by atoms with Gasteiger partial charge in [0.05, 0.1) is 24.9 Å². The number of aliphatic hydroxyl groups excluding tert-OH is 1. The highest BCUT2D eigenvalue weighted by Gasteiger charge is 2.36. The van der Waals surface area contributed by atoms with Crippen LogP contribution in [0.2, 0.25) is 0 Å². The smallest absolute Gasteiger partial charge is 0.334 e. The first-order valence-corrected chi connectivity index (χ1v) is 10.4. The molecule has 0 spiro atoms. The molecule has 0 aromatic carbocycles. The molecule has 0 radical (unpaired) electrons. The van der Waals surface area contributed by atoms with Gasteiger partial charge in [-0.2, -0.15) is 0 Å². The van der Waals surface area contributed by atoms with Crippen LogP contribution in [0.3, 0.4) is 0 Å². The molecule has 0 aliphatic carbocycles. The lowest BCUT2D eigenvalue weighted by Gasteiger charge is -2.45. The lowest BCUT2D eigenvalue weighted by atomic mass is 10.0. The van der Waals surface area contributed by atoms with Gasteiger partial charge in [-0.3, -0.25) is 0 Å². The third kappa shape index (κ3) is 5.18. The van der Waals surface area contributed by atoms with Gasteiger partial charge >= 0.3 is 5.97 Å². The number of morpholine rings is 1. The lowest BCUT2D eigenvalue weighted by Crippen LogP contribution is -2.50. The SMILES string of the molecule is CCSC1C(C(=O)O)=C(C)C=C(N2CCOCC2)N1CC(O)CC(C)C. The summed E-state index contributed by atoms with van der Waals surface area (Å²) < 4.78 is 5.47. The summed E-state index contributed by atoms with van der Waals surface area (Å²) in [5, 5.41) is 20.1. The van der Waals surface area contributed by atoms with E-state index in [2.05, 4.69) is 23.6 Å². The molecule has 6 nitrogen and oxygen atoms in total. The molecule has 1 saturated heterocycles. The van der Waals surface area contributed by atoms with Gasteiger partial charge < -0.3 is 24.7 Å². The van der Waals surface area contributed by atoms with E-state index in [9.17, 15) is 15.0 Å². The summed E-state index contributed by atoms with van der Waals surface area (Å²) in [7, 11) is 0. The van der Waals surface area contributed by atoms with E-state index in [1.807, 2.05) is 19.9 Å². The highest BCUT2D eigenvalue weighted by atomic mass is 32.2. The topological polar surface area (TPSA) is 73.2 Å². The van der Waals surface area contributed by atoms with Gasteiger partial charge in [-0.1, -0.05) is 20.8 Å². The molecule has 2 aliphatic rings. The van der Waals surface area contributed by atoms with Crippen molar-refractivity contribution < 1.29 is 19.7 Å². The molecule has 0 bridgehead atoms. The third-order valence-corrected chi connectivity index (χ3v) is 5.77. The van der Waals surface area contributed by atoms with Crippen molar-refractivity contribution in [1.82, 2.24) is 9.80 Å². The van der Waals surface area contributed by atoms with Crippen LogP contribution in [-0.2, 0) is 9.53 Å². The second kappa shape index (κ2) is 9.67. The second-order valence-electron chi connectivity index (χ2n) is 7.25. The van der Waals surface area contributed by atoms with Crippen LogP contribution in [-0.4, -0.2) is 76.1 Å². The summed E-state index contributed by atoms with van der Waals surface area (Å²) in [6.45, 7) is 11.4. The van der Waals surface area contributed by atoms with Crippen LogP contribution in [0.15, 0.2) is 23.0 Å². The van der Waals surface area contributed by atoms with E-state index in [4.69, 9.17) is 4.74 Å². The molecule has 2 rings (SSSR count). The maximum atomic E-state index is 11.9. The standard InChI is InChI=1S/C19H32N2O4S/c1-5-26-18-17(19(23)24)14(4)11-16(20-6-8-25-9-7-20)21(18)12-15(22)10-13(2)3/h11,13,15,18,22H,5-10,12H2,1-4H3,(H,23,24). The molecule has 2 atom stereocenters. The number of β-amino-alcohol motifs (C(OH)–C–C–N with tert-alkyl or cyclic N) is 1. The first kappa shape index (κ1) is 21.1. The predicted molar refractivity (Wildman–Crippen MR) is 105 cm³/mol. The first-order chi connectivity index (χ1) is 12.3. The number of carbonyl (C=O) groups is 1. The van der Waals surface area contributed by atoms with Crippen LogP contribution >= 0.6 is 11.8 Å². The van der Waals surface area contributed by atoms with Crippen molar-refractivity contribution in [3.8, 4) is 0 Å². The minimum absolute atomic E-state index is 0.290. The summed E-state index contributed by atoms with van der Waals surface area (Å²) in [4.78, 5) is 16.3. The molecular formula is C19H32N2O4S. The summed E-state index contributed by atoms with van der Waals surface area (Å²) in [5.41, 5.74) is 1.21. The van der Waals surface area contributed by atoms with Gasteiger partial charge in [0, 0.05) is 19.6 Å². The number of rotatable bonds is 8. The zero-order valence-electron chi connectivity index (χ0n) is 16.3. The number of carboxylic acids is 1. The van der Waals surface area contributed by atoms with Crippen molar-refractivity contribution in [1.29, 1.82) is 0 Å².